The second kappa shape index (κ2) is 7.34. The molecular weight excluding hydrogens is 315 g/mol. The van der Waals surface area contributed by atoms with Crippen molar-refractivity contribution in [3.63, 3.8) is 0 Å². The van der Waals surface area contributed by atoms with Gasteiger partial charge in [-0.1, -0.05) is 32.0 Å². The number of rotatable bonds is 5. The standard InChI is InChI=1S/C17H23FN2O2S/c1-11(2)15(21)19(4)9-10-20-16(22)12(3)23-17(20)13-7-5-6-8-14(13)18/h5-8,11-12,17H,9-10H2,1-4H3/t12-,17-/m0/s1. The van der Waals surface area contributed by atoms with Gasteiger partial charge in [-0.15, -0.1) is 11.8 Å². The van der Waals surface area contributed by atoms with Crippen molar-refractivity contribution in [2.75, 3.05) is 20.1 Å². The van der Waals surface area contributed by atoms with Crippen LogP contribution in [0, 0.1) is 11.7 Å². The highest BCUT2D eigenvalue weighted by Crippen LogP contribution is 2.43. The smallest absolute Gasteiger partial charge is 0.236 e. The van der Waals surface area contributed by atoms with Crippen LogP contribution in [0.25, 0.3) is 0 Å². The Morgan fingerprint density at radius 2 is 2.04 bits per heavy atom. The van der Waals surface area contributed by atoms with Crippen LogP contribution in [0.4, 0.5) is 4.39 Å². The normalized spacial score (nSPS) is 21.1. The van der Waals surface area contributed by atoms with Crippen molar-refractivity contribution in [3.05, 3.63) is 35.6 Å². The lowest BCUT2D eigenvalue weighted by Crippen LogP contribution is -2.40. The molecule has 1 aliphatic rings. The molecule has 0 bridgehead atoms. The molecule has 2 atom stereocenters. The topological polar surface area (TPSA) is 40.6 Å². The van der Waals surface area contributed by atoms with Gasteiger partial charge in [0.1, 0.15) is 11.2 Å². The van der Waals surface area contributed by atoms with Crippen LogP contribution < -0.4 is 0 Å². The zero-order valence-corrected chi connectivity index (χ0v) is 14.8. The van der Waals surface area contributed by atoms with Crippen molar-refractivity contribution in [1.82, 2.24) is 9.80 Å². The van der Waals surface area contributed by atoms with Crippen LogP contribution in [0.5, 0.6) is 0 Å². The number of hydrogen-bond donors (Lipinski definition) is 0. The molecule has 6 heteroatoms. The lowest BCUT2D eigenvalue weighted by molar-refractivity contribution is -0.135. The van der Waals surface area contributed by atoms with Gasteiger partial charge in [-0.3, -0.25) is 9.59 Å². The quantitative estimate of drug-likeness (QED) is 0.829. The minimum absolute atomic E-state index is 0.00588. The molecule has 126 valence electrons. The molecule has 23 heavy (non-hydrogen) atoms. The Morgan fingerprint density at radius 1 is 1.39 bits per heavy atom. The van der Waals surface area contributed by atoms with E-state index >= 15 is 0 Å². The van der Waals surface area contributed by atoms with Crippen LogP contribution >= 0.6 is 11.8 Å². The number of carbonyl (C=O) groups is 2. The molecule has 0 spiro atoms. The molecule has 1 aromatic carbocycles. The van der Waals surface area contributed by atoms with E-state index in [9.17, 15) is 14.0 Å². The fourth-order valence-corrected chi connectivity index (χ4v) is 3.96. The van der Waals surface area contributed by atoms with E-state index in [1.54, 1.807) is 35.0 Å². The zero-order valence-electron chi connectivity index (χ0n) is 14.0. The van der Waals surface area contributed by atoms with E-state index in [-0.39, 0.29) is 34.2 Å². The number of amides is 2. The molecule has 2 rings (SSSR count). The molecule has 1 saturated heterocycles. The van der Waals surface area contributed by atoms with Crippen LogP contribution in [0.1, 0.15) is 31.7 Å². The van der Waals surface area contributed by atoms with Crippen molar-refractivity contribution in [2.24, 2.45) is 5.92 Å². The number of thioether (sulfide) groups is 1. The minimum Gasteiger partial charge on any atom is -0.344 e. The highest BCUT2D eigenvalue weighted by Gasteiger charge is 2.39. The maximum absolute atomic E-state index is 14.1. The first-order valence-electron chi connectivity index (χ1n) is 7.78. The van der Waals surface area contributed by atoms with Crippen LogP contribution in [0.3, 0.4) is 0 Å². The van der Waals surface area contributed by atoms with E-state index in [0.29, 0.717) is 18.7 Å². The molecule has 0 aliphatic carbocycles. The van der Waals surface area contributed by atoms with Crippen LogP contribution in [0.15, 0.2) is 24.3 Å². The highest BCUT2D eigenvalue weighted by atomic mass is 32.2. The Morgan fingerprint density at radius 3 is 2.65 bits per heavy atom. The molecule has 0 aromatic heterocycles. The third kappa shape index (κ3) is 3.86. The summed E-state index contributed by atoms with van der Waals surface area (Å²) in [5.41, 5.74) is 0.521. The van der Waals surface area contributed by atoms with Crippen LogP contribution in [-0.2, 0) is 9.59 Å². The van der Waals surface area contributed by atoms with E-state index in [1.807, 2.05) is 20.8 Å². The third-order valence-electron chi connectivity index (χ3n) is 3.96. The highest BCUT2D eigenvalue weighted by molar-refractivity contribution is 8.01. The van der Waals surface area contributed by atoms with Gasteiger partial charge in [0.15, 0.2) is 0 Å². The fraction of sp³-hybridized carbons (Fsp3) is 0.529. The fourth-order valence-electron chi connectivity index (χ4n) is 2.63. The van der Waals surface area contributed by atoms with Crippen molar-refractivity contribution in [3.8, 4) is 0 Å². The van der Waals surface area contributed by atoms with Gasteiger partial charge in [-0.2, -0.15) is 0 Å². The Hall–Kier alpha value is -1.56. The zero-order chi connectivity index (χ0) is 17.1. The van der Waals surface area contributed by atoms with Gasteiger partial charge in [0, 0.05) is 31.6 Å². The summed E-state index contributed by atoms with van der Waals surface area (Å²) in [7, 11) is 1.73. The van der Waals surface area contributed by atoms with Gasteiger partial charge in [0.2, 0.25) is 11.8 Å². The minimum atomic E-state index is -0.332. The van der Waals surface area contributed by atoms with E-state index in [2.05, 4.69) is 0 Å². The third-order valence-corrected chi connectivity index (χ3v) is 5.34. The first-order chi connectivity index (χ1) is 10.8. The molecule has 0 radical (unpaired) electrons. The van der Waals surface area contributed by atoms with Gasteiger partial charge in [-0.25, -0.2) is 4.39 Å². The molecule has 2 amide bonds. The summed E-state index contributed by atoms with van der Waals surface area (Å²) < 4.78 is 14.1. The number of benzene rings is 1. The maximum atomic E-state index is 14.1. The van der Waals surface area contributed by atoms with Gasteiger partial charge in [0.05, 0.1) is 5.25 Å². The summed E-state index contributed by atoms with van der Waals surface area (Å²) in [6.07, 6.45) is 0. The largest absolute Gasteiger partial charge is 0.344 e. The summed E-state index contributed by atoms with van der Waals surface area (Å²) in [5, 5.41) is -0.535. The molecule has 1 aromatic rings. The van der Waals surface area contributed by atoms with Gasteiger partial charge in [0.25, 0.3) is 0 Å². The average molecular weight is 338 g/mol. The molecule has 4 nitrogen and oxygen atoms in total. The van der Waals surface area contributed by atoms with Crippen LogP contribution in [0.2, 0.25) is 0 Å². The molecule has 1 fully saturated rings. The molecule has 1 heterocycles. The van der Waals surface area contributed by atoms with E-state index in [1.165, 1.54) is 17.8 Å². The first-order valence-corrected chi connectivity index (χ1v) is 8.72. The lowest BCUT2D eigenvalue weighted by atomic mass is 10.2. The van der Waals surface area contributed by atoms with E-state index in [4.69, 9.17) is 0 Å². The summed E-state index contributed by atoms with van der Waals surface area (Å²) in [6, 6.07) is 6.55. The summed E-state index contributed by atoms with van der Waals surface area (Å²) in [4.78, 5) is 27.7. The maximum Gasteiger partial charge on any atom is 0.236 e. The summed E-state index contributed by atoms with van der Waals surface area (Å²) in [5.74, 6) is -0.345. The Balaban J connectivity index is 2.13. The van der Waals surface area contributed by atoms with Crippen molar-refractivity contribution >= 4 is 23.6 Å². The average Bonchev–Trinajstić information content (AvgIpc) is 2.79. The number of nitrogens with zero attached hydrogens (tertiary/aromatic N) is 2. The number of halogens is 1. The molecule has 0 N–H and O–H groups in total. The van der Waals surface area contributed by atoms with Crippen molar-refractivity contribution < 1.29 is 14.0 Å². The van der Waals surface area contributed by atoms with Crippen molar-refractivity contribution in [1.29, 1.82) is 0 Å². The number of likely N-dealkylation sites (N-methyl/N-ethyl adjacent to an activating group) is 1. The Kier molecular flexibility index (Phi) is 5.68. The van der Waals surface area contributed by atoms with E-state index in [0.717, 1.165) is 0 Å². The number of carbonyl (C=O) groups excluding carboxylic acids is 2. The Bertz CT molecular complexity index is 594. The van der Waals surface area contributed by atoms with Crippen LogP contribution in [-0.4, -0.2) is 47.0 Å². The predicted molar refractivity (Wildman–Crippen MR) is 90.4 cm³/mol. The SMILES string of the molecule is CC(C)C(=O)N(C)CCN1C(=O)[C@H](C)S[C@H]1c1ccccc1F. The second-order valence-corrected chi connectivity index (χ2v) is 7.52. The van der Waals surface area contributed by atoms with Gasteiger partial charge in [-0.05, 0) is 13.0 Å². The van der Waals surface area contributed by atoms with Gasteiger partial charge >= 0.3 is 0 Å². The van der Waals surface area contributed by atoms with E-state index < -0.39 is 0 Å². The number of hydrogen-bond acceptors (Lipinski definition) is 3. The van der Waals surface area contributed by atoms with Crippen molar-refractivity contribution in [2.45, 2.75) is 31.4 Å². The lowest BCUT2D eigenvalue weighted by Gasteiger charge is -2.27. The Labute approximate surface area is 141 Å². The molecule has 0 saturated carbocycles. The predicted octanol–water partition coefficient (Wildman–Crippen LogP) is 2.90. The summed E-state index contributed by atoms with van der Waals surface area (Å²) in [6.45, 7) is 6.38. The molecule has 1 aliphatic heterocycles. The second-order valence-electron chi connectivity index (χ2n) is 6.10. The summed E-state index contributed by atoms with van der Waals surface area (Å²) >= 11 is 1.45. The molecule has 0 unspecified atom stereocenters. The first kappa shape index (κ1) is 17.8. The van der Waals surface area contributed by atoms with Gasteiger partial charge < -0.3 is 9.80 Å². The monoisotopic (exact) mass is 338 g/mol. The molecular formula is C17H23FN2O2S.